The van der Waals surface area contributed by atoms with Crippen molar-refractivity contribution in [3.63, 3.8) is 0 Å². The highest BCUT2D eigenvalue weighted by Crippen LogP contribution is 2.00. The zero-order valence-corrected chi connectivity index (χ0v) is 11.7. The van der Waals surface area contributed by atoms with E-state index in [1.54, 1.807) is 0 Å². The predicted octanol–water partition coefficient (Wildman–Crippen LogP) is 1.82. The molecule has 0 radical (unpaired) electrons. The fourth-order valence-corrected chi connectivity index (χ4v) is 1.59. The maximum Gasteiger partial charge on any atom is 0.320 e. The predicted molar refractivity (Wildman–Crippen MR) is 75.8 cm³/mol. The van der Waals surface area contributed by atoms with Gasteiger partial charge in [0, 0.05) is 13.0 Å². The molecular weight excluding hydrogens is 244 g/mol. The number of carboxylic acid groups (broad SMARTS) is 1. The summed E-state index contributed by atoms with van der Waals surface area (Å²) < 4.78 is 0. The molecule has 5 heteroatoms. The van der Waals surface area contributed by atoms with Gasteiger partial charge in [0.1, 0.15) is 6.04 Å². The van der Waals surface area contributed by atoms with Gasteiger partial charge in [0.05, 0.1) is 0 Å². The zero-order valence-electron chi connectivity index (χ0n) is 11.7. The summed E-state index contributed by atoms with van der Waals surface area (Å²) >= 11 is 0. The van der Waals surface area contributed by atoms with Crippen molar-refractivity contribution in [2.75, 3.05) is 6.54 Å². The van der Waals surface area contributed by atoms with E-state index in [1.165, 1.54) is 0 Å². The Morgan fingerprint density at radius 1 is 1.26 bits per heavy atom. The fourth-order valence-electron chi connectivity index (χ4n) is 1.59. The van der Waals surface area contributed by atoms with Crippen molar-refractivity contribution in [3.8, 4) is 0 Å². The minimum Gasteiger partial charge on any atom is -0.480 e. The molecule has 4 N–H and O–H groups in total. The number of hydrogen-bond donors (Lipinski definition) is 3. The molecule has 1 amide bonds. The molecule has 0 aliphatic heterocycles. The van der Waals surface area contributed by atoms with Gasteiger partial charge in [-0.2, -0.15) is 0 Å². The Morgan fingerprint density at radius 2 is 2.00 bits per heavy atom. The molecule has 0 aliphatic carbocycles. The minimum absolute atomic E-state index is 0.0624. The minimum atomic E-state index is -0.968. The number of unbranched alkanes of at least 4 members (excludes halogenated alkanes) is 2. The quantitative estimate of drug-likeness (QED) is 0.394. The van der Waals surface area contributed by atoms with E-state index in [1.807, 2.05) is 0 Å². The van der Waals surface area contributed by atoms with Crippen molar-refractivity contribution in [1.82, 2.24) is 5.32 Å². The van der Waals surface area contributed by atoms with Gasteiger partial charge in [-0.25, -0.2) is 0 Å². The van der Waals surface area contributed by atoms with Crippen LogP contribution in [0.3, 0.4) is 0 Å². The molecule has 0 fully saturated rings. The lowest BCUT2D eigenvalue weighted by molar-refractivity contribution is -0.138. The van der Waals surface area contributed by atoms with Crippen LogP contribution >= 0.6 is 0 Å². The number of allylic oxidation sites excluding steroid dienone is 2. The normalized spacial score (nSPS) is 12.5. The maximum absolute atomic E-state index is 11.4. The number of carboxylic acids is 1. The van der Waals surface area contributed by atoms with E-state index in [0.717, 1.165) is 25.7 Å². The van der Waals surface area contributed by atoms with E-state index in [-0.39, 0.29) is 5.91 Å². The molecule has 0 aliphatic rings. The number of carbonyl (C=O) groups is 2. The second kappa shape index (κ2) is 11.7. The van der Waals surface area contributed by atoms with Crippen molar-refractivity contribution >= 4 is 11.9 Å². The van der Waals surface area contributed by atoms with Gasteiger partial charge in [-0.1, -0.05) is 19.1 Å². The smallest absolute Gasteiger partial charge is 0.320 e. The van der Waals surface area contributed by atoms with Crippen molar-refractivity contribution in [3.05, 3.63) is 12.2 Å². The SMILES string of the molecule is CC/C=C/CCCC(=O)NCCCC[C@H](N)C(=O)O. The van der Waals surface area contributed by atoms with Crippen molar-refractivity contribution in [1.29, 1.82) is 0 Å². The first-order valence-corrected chi connectivity index (χ1v) is 6.98. The van der Waals surface area contributed by atoms with Crippen molar-refractivity contribution < 1.29 is 14.7 Å². The fraction of sp³-hybridized carbons (Fsp3) is 0.714. The van der Waals surface area contributed by atoms with Crippen LogP contribution in [0.2, 0.25) is 0 Å². The number of aliphatic carboxylic acids is 1. The largest absolute Gasteiger partial charge is 0.480 e. The number of rotatable bonds is 11. The van der Waals surface area contributed by atoms with Crippen LogP contribution in [0.1, 0.15) is 51.9 Å². The van der Waals surface area contributed by atoms with Crippen LogP contribution in [-0.4, -0.2) is 29.6 Å². The molecule has 5 nitrogen and oxygen atoms in total. The Balaban J connectivity index is 3.39. The molecule has 1 atom stereocenters. The van der Waals surface area contributed by atoms with Gasteiger partial charge >= 0.3 is 5.97 Å². The summed E-state index contributed by atoms with van der Waals surface area (Å²) in [5, 5.41) is 11.4. The van der Waals surface area contributed by atoms with Gasteiger partial charge in [0.2, 0.25) is 5.91 Å². The summed E-state index contributed by atoms with van der Waals surface area (Å²) in [6.07, 6.45) is 9.51. The van der Waals surface area contributed by atoms with Crippen LogP contribution in [0.4, 0.5) is 0 Å². The molecular formula is C14H26N2O3. The van der Waals surface area contributed by atoms with E-state index < -0.39 is 12.0 Å². The van der Waals surface area contributed by atoms with Crippen LogP contribution in [0.5, 0.6) is 0 Å². The Hall–Kier alpha value is -1.36. The van der Waals surface area contributed by atoms with Crippen LogP contribution in [0.15, 0.2) is 12.2 Å². The van der Waals surface area contributed by atoms with Gasteiger partial charge in [-0.15, -0.1) is 0 Å². The summed E-state index contributed by atoms with van der Waals surface area (Å²) in [4.78, 5) is 21.9. The summed E-state index contributed by atoms with van der Waals surface area (Å²) in [5.41, 5.74) is 5.37. The Kier molecular flexibility index (Phi) is 10.9. The second-order valence-electron chi connectivity index (χ2n) is 4.56. The molecule has 110 valence electrons. The summed E-state index contributed by atoms with van der Waals surface area (Å²) in [6, 6.07) is -0.791. The lowest BCUT2D eigenvalue weighted by atomic mass is 10.1. The van der Waals surface area contributed by atoms with Crippen LogP contribution in [0.25, 0.3) is 0 Å². The molecule has 0 unspecified atom stereocenters. The molecule has 0 bridgehead atoms. The van der Waals surface area contributed by atoms with Crippen LogP contribution in [-0.2, 0) is 9.59 Å². The van der Waals surface area contributed by atoms with Crippen LogP contribution in [0, 0.1) is 0 Å². The number of nitrogens with one attached hydrogen (secondary N) is 1. The Morgan fingerprint density at radius 3 is 2.63 bits per heavy atom. The average molecular weight is 270 g/mol. The first-order valence-electron chi connectivity index (χ1n) is 6.98. The highest BCUT2D eigenvalue weighted by atomic mass is 16.4. The summed E-state index contributed by atoms with van der Waals surface area (Å²) in [6.45, 7) is 2.68. The first-order chi connectivity index (χ1) is 9.07. The molecule has 0 rings (SSSR count). The van der Waals surface area contributed by atoms with Gasteiger partial charge in [0.25, 0.3) is 0 Å². The van der Waals surface area contributed by atoms with Crippen molar-refractivity contribution in [2.45, 2.75) is 57.9 Å². The third-order valence-electron chi connectivity index (χ3n) is 2.76. The number of nitrogens with two attached hydrogens (primary N) is 1. The van der Waals surface area contributed by atoms with Gasteiger partial charge in [0.15, 0.2) is 0 Å². The highest BCUT2D eigenvalue weighted by Gasteiger charge is 2.09. The van der Waals surface area contributed by atoms with E-state index in [4.69, 9.17) is 10.8 Å². The number of amides is 1. The standard InChI is InChI=1S/C14H26N2O3/c1-2-3-4-5-6-10-13(17)16-11-8-7-9-12(15)14(18)19/h3-4,12H,2,5-11,15H2,1H3,(H,16,17)(H,18,19)/b4-3+/t12-/m0/s1. The molecule has 0 aromatic rings. The number of carbonyl (C=O) groups excluding carboxylic acids is 1. The first kappa shape index (κ1) is 17.6. The molecule has 0 aromatic heterocycles. The third-order valence-corrected chi connectivity index (χ3v) is 2.76. The molecule has 0 saturated carbocycles. The molecule has 19 heavy (non-hydrogen) atoms. The average Bonchev–Trinajstić information content (AvgIpc) is 2.37. The molecule has 0 heterocycles. The van der Waals surface area contributed by atoms with Gasteiger partial charge in [-0.05, 0) is 38.5 Å². The van der Waals surface area contributed by atoms with E-state index in [0.29, 0.717) is 25.8 Å². The topological polar surface area (TPSA) is 92.4 Å². The highest BCUT2D eigenvalue weighted by molar-refractivity contribution is 5.75. The molecule has 0 spiro atoms. The third kappa shape index (κ3) is 11.5. The van der Waals surface area contributed by atoms with Crippen molar-refractivity contribution in [2.24, 2.45) is 5.73 Å². The summed E-state index contributed by atoms with van der Waals surface area (Å²) in [7, 11) is 0. The summed E-state index contributed by atoms with van der Waals surface area (Å²) in [5.74, 6) is -0.906. The lowest BCUT2D eigenvalue weighted by Crippen LogP contribution is -2.30. The lowest BCUT2D eigenvalue weighted by Gasteiger charge is -2.07. The van der Waals surface area contributed by atoms with E-state index in [2.05, 4.69) is 24.4 Å². The Labute approximate surface area is 115 Å². The zero-order chi connectivity index (χ0) is 14.5. The maximum atomic E-state index is 11.4. The van der Waals surface area contributed by atoms with Gasteiger partial charge < -0.3 is 16.2 Å². The van der Waals surface area contributed by atoms with Crippen LogP contribution < -0.4 is 11.1 Å². The molecule has 0 aromatic carbocycles. The van der Waals surface area contributed by atoms with E-state index in [9.17, 15) is 9.59 Å². The molecule has 0 saturated heterocycles. The van der Waals surface area contributed by atoms with Gasteiger partial charge in [-0.3, -0.25) is 9.59 Å². The number of hydrogen-bond acceptors (Lipinski definition) is 3. The second-order valence-corrected chi connectivity index (χ2v) is 4.56. The Bertz CT molecular complexity index is 290. The monoisotopic (exact) mass is 270 g/mol. The van der Waals surface area contributed by atoms with E-state index >= 15 is 0 Å².